The van der Waals surface area contributed by atoms with E-state index >= 15 is 0 Å². The van der Waals surface area contributed by atoms with Crippen LogP contribution < -0.4 is 5.32 Å². The number of benzene rings is 1. The summed E-state index contributed by atoms with van der Waals surface area (Å²) in [5.41, 5.74) is 0.908. The average Bonchev–Trinajstić information content (AvgIpc) is 3.03. The molecule has 4 atom stereocenters. The molecule has 2 saturated carbocycles. The van der Waals surface area contributed by atoms with Crippen LogP contribution in [0.2, 0.25) is 5.02 Å². The van der Waals surface area contributed by atoms with E-state index in [9.17, 15) is 13.2 Å². The van der Waals surface area contributed by atoms with E-state index in [4.69, 9.17) is 11.6 Å². The number of piperidine rings is 1. The van der Waals surface area contributed by atoms with Crippen molar-refractivity contribution < 1.29 is 13.2 Å². The van der Waals surface area contributed by atoms with Gasteiger partial charge in [0.05, 0.1) is 10.8 Å². The molecule has 4 rings (SSSR count). The first-order valence-electron chi connectivity index (χ1n) is 11.0. The number of carbonyl (C=O) groups is 1. The van der Waals surface area contributed by atoms with E-state index in [0.29, 0.717) is 29.5 Å². The van der Waals surface area contributed by atoms with Gasteiger partial charge in [-0.15, -0.1) is 0 Å². The summed E-state index contributed by atoms with van der Waals surface area (Å²) >= 11 is 6.15. The van der Waals surface area contributed by atoms with Crippen molar-refractivity contribution in [3.05, 3.63) is 28.8 Å². The van der Waals surface area contributed by atoms with Gasteiger partial charge in [0.15, 0.2) is 0 Å². The quantitative estimate of drug-likeness (QED) is 0.737. The molecule has 1 unspecified atom stereocenters. The van der Waals surface area contributed by atoms with Crippen LogP contribution in [0, 0.1) is 29.6 Å². The van der Waals surface area contributed by atoms with Gasteiger partial charge in [-0.3, -0.25) is 4.79 Å². The van der Waals surface area contributed by atoms with Crippen molar-refractivity contribution in [2.75, 3.05) is 13.1 Å². The van der Waals surface area contributed by atoms with E-state index in [1.807, 2.05) is 0 Å². The number of hydrogen-bond donors (Lipinski definition) is 1. The zero-order valence-electron chi connectivity index (χ0n) is 18.4. The van der Waals surface area contributed by atoms with Gasteiger partial charge >= 0.3 is 0 Å². The molecule has 1 aromatic rings. The van der Waals surface area contributed by atoms with E-state index in [-0.39, 0.29) is 40.1 Å². The molecule has 1 aliphatic heterocycles. The summed E-state index contributed by atoms with van der Waals surface area (Å²) < 4.78 is 28.0. The molecule has 1 N–H and O–H groups in total. The minimum absolute atomic E-state index is 0.00675. The minimum atomic E-state index is -3.68. The third-order valence-electron chi connectivity index (χ3n) is 8.70. The Bertz CT molecular complexity index is 961. The minimum Gasteiger partial charge on any atom is -0.353 e. The molecule has 2 aliphatic carbocycles. The fourth-order valence-electron chi connectivity index (χ4n) is 6.09. The summed E-state index contributed by atoms with van der Waals surface area (Å²) in [5, 5.41) is 3.77. The maximum atomic E-state index is 13.2. The summed E-state index contributed by atoms with van der Waals surface area (Å²) in [6.07, 6.45) is 4.83. The van der Waals surface area contributed by atoms with Crippen LogP contribution in [0.25, 0.3) is 0 Å². The average molecular weight is 453 g/mol. The highest BCUT2D eigenvalue weighted by Crippen LogP contribution is 2.65. The summed E-state index contributed by atoms with van der Waals surface area (Å²) in [6.45, 7) is 9.37. The van der Waals surface area contributed by atoms with Crippen LogP contribution in [0.5, 0.6) is 0 Å². The van der Waals surface area contributed by atoms with Gasteiger partial charge in [-0.05, 0) is 73.5 Å². The number of fused-ring (bicyclic) bond motifs is 2. The number of sulfonamides is 1. The molecule has 7 heteroatoms. The Kier molecular flexibility index (Phi) is 5.52. The molecule has 1 aromatic carbocycles. The number of halogens is 1. The van der Waals surface area contributed by atoms with Gasteiger partial charge in [-0.2, -0.15) is 4.31 Å². The predicted octanol–water partition coefficient (Wildman–Crippen LogP) is 4.38. The Labute approximate surface area is 185 Å². The summed E-state index contributed by atoms with van der Waals surface area (Å²) in [5.74, 6) is 0.355. The van der Waals surface area contributed by atoms with E-state index in [1.165, 1.54) is 10.7 Å². The standard InChI is InChI=1S/C23H33ClN2O3S/c1-15-18(24)8-5-9-19(15)30(28,29)26-12-6-7-16(14-26)21(27)25-20-13-17-10-11-23(20,4)22(17,2)3/h5,8-9,16-17,20H,6-7,10-14H2,1-4H3,(H,25,27)/t16?,17-,20-,23+/m0/s1. The highest BCUT2D eigenvalue weighted by Gasteiger charge is 2.61. The smallest absolute Gasteiger partial charge is 0.243 e. The lowest BCUT2D eigenvalue weighted by Gasteiger charge is -2.40. The fourth-order valence-corrected chi connectivity index (χ4v) is 8.09. The van der Waals surface area contributed by atoms with Crippen molar-refractivity contribution in [2.24, 2.45) is 22.7 Å². The van der Waals surface area contributed by atoms with Crippen molar-refractivity contribution in [2.45, 2.75) is 70.7 Å². The van der Waals surface area contributed by atoms with Gasteiger partial charge in [0.25, 0.3) is 0 Å². The maximum absolute atomic E-state index is 13.2. The predicted molar refractivity (Wildman–Crippen MR) is 119 cm³/mol. The van der Waals surface area contributed by atoms with Crippen molar-refractivity contribution in [1.29, 1.82) is 0 Å². The van der Waals surface area contributed by atoms with Gasteiger partial charge in [0, 0.05) is 24.2 Å². The Morgan fingerprint density at radius 2 is 1.97 bits per heavy atom. The fraction of sp³-hybridized carbons (Fsp3) is 0.696. The molecule has 30 heavy (non-hydrogen) atoms. The number of amides is 1. The SMILES string of the molecule is Cc1c(Cl)cccc1S(=O)(=O)N1CCCC(C(=O)N[C@H]2C[C@@H]3CC[C@@]2(C)C3(C)C)C1. The van der Waals surface area contributed by atoms with Gasteiger partial charge in [-0.25, -0.2) is 8.42 Å². The summed E-state index contributed by atoms with van der Waals surface area (Å²) in [6, 6.07) is 5.13. The van der Waals surface area contributed by atoms with Crippen LogP contribution >= 0.6 is 11.6 Å². The van der Waals surface area contributed by atoms with Crippen molar-refractivity contribution in [3.8, 4) is 0 Å². The van der Waals surface area contributed by atoms with Gasteiger partial charge in [0.2, 0.25) is 15.9 Å². The van der Waals surface area contributed by atoms with Gasteiger partial charge in [0.1, 0.15) is 0 Å². The van der Waals surface area contributed by atoms with Crippen LogP contribution in [0.1, 0.15) is 58.4 Å². The zero-order valence-corrected chi connectivity index (χ0v) is 19.9. The monoisotopic (exact) mass is 452 g/mol. The van der Waals surface area contributed by atoms with Gasteiger partial charge < -0.3 is 5.32 Å². The van der Waals surface area contributed by atoms with Crippen LogP contribution in [-0.4, -0.2) is 37.8 Å². The second-order valence-electron chi connectivity index (χ2n) is 10.2. The molecule has 0 radical (unpaired) electrons. The number of hydrogen-bond acceptors (Lipinski definition) is 3. The molecule has 2 bridgehead atoms. The van der Waals surface area contributed by atoms with Crippen LogP contribution in [0.3, 0.4) is 0 Å². The highest BCUT2D eigenvalue weighted by molar-refractivity contribution is 7.89. The lowest BCUT2D eigenvalue weighted by molar-refractivity contribution is -0.127. The molecule has 1 heterocycles. The van der Waals surface area contributed by atoms with E-state index in [0.717, 1.165) is 19.3 Å². The van der Waals surface area contributed by atoms with E-state index in [2.05, 4.69) is 26.1 Å². The van der Waals surface area contributed by atoms with Gasteiger partial charge in [-0.1, -0.05) is 38.4 Å². The molecule has 0 spiro atoms. The molecular formula is C23H33ClN2O3S. The van der Waals surface area contributed by atoms with Crippen LogP contribution in [-0.2, 0) is 14.8 Å². The molecule has 1 saturated heterocycles. The van der Waals surface area contributed by atoms with Crippen molar-refractivity contribution in [1.82, 2.24) is 9.62 Å². The molecule has 166 valence electrons. The lowest BCUT2D eigenvalue weighted by Crippen LogP contribution is -2.51. The third-order valence-corrected chi connectivity index (χ3v) is 11.1. The molecule has 1 amide bonds. The molecule has 5 nitrogen and oxygen atoms in total. The summed E-state index contributed by atoms with van der Waals surface area (Å²) in [4.78, 5) is 13.4. The largest absolute Gasteiger partial charge is 0.353 e. The maximum Gasteiger partial charge on any atom is 0.243 e. The lowest BCUT2D eigenvalue weighted by atomic mass is 9.69. The Balaban J connectivity index is 1.48. The van der Waals surface area contributed by atoms with Crippen molar-refractivity contribution in [3.63, 3.8) is 0 Å². The Hall–Kier alpha value is -1.11. The first-order chi connectivity index (χ1) is 14.0. The number of nitrogens with one attached hydrogen (secondary N) is 1. The normalized spacial score (nSPS) is 33.6. The molecule has 3 aliphatic rings. The topological polar surface area (TPSA) is 66.5 Å². The molecule has 3 fully saturated rings. The molecule has 0 aromatic heterocycles. The second kappa shape index (κ2) is 7.49. The second-order valence-corrected chi connectivity index (χ2v) is 12.6. The van der Waals surface area contributed by atoms with E-state index in [1.54, 1.807) is 25.1 Å². The van der Waals surface area contributed by atoms with Crippen LogP contribution in [0.15, 0.2) is 23.1 Å². The van der Waals surface area contributed by atoms with Crippen molar-refractivity contribution >= 4 is 27.5 Å². The first-order valence-corrected chi connectivity index (χ1v) is 12.9. The number of carbonyl (C=O) groups excluding carboxylic acids is 1. The third kappa shape index (κ3) is 3.30. The first kappa shape index (κ1) is 22.1. The summed E-state index contributed by atoms with van der Waals surface area (Å²) in [7, 11) is -3.68. The number of rotatable bonds is 4. The van der Waals surface area contributed by atoms with E-state index < -0.39 is 10.0 Å². The highest BCUT2D eigenvalue weighted by atomic mass is 35.5. The number of nitrogens with zero attached hydrogens (tertiary/aromatic N) is 1. The zero-order chi connectivity index (χ0) is 21.9. The Morgan fingerprint density at radius 3 is 2.60 bits per heavy atom. The Morgan fingerprint density at radius 1 is 1.23 bits per heavy atom. The molecular weight excluding hydrogens is 420 g/mol. The van der Waals surface area contributed by atoms with Crippen LogP contribution in [0.4, 0.5) is 0 Å².